The fourth-order valence-electron chi connectivity index (χ4n) is 1.70. The number of benzene rings is 1. The van der Waals surface area contributed by atoms with Crippen LogP contribution in [0.25, 0.3) is 11.3 Å². The summed E-state index contributed by atoms with van der Waals surface area (Å²) < 4.78 is 18.5. The second-order valence-electron chi connectivity index (χ2n) is 4.43. The molecule has 3 nitrogen and oxygen atoms in total. The van der Waals surface area contributed by atoms with E-state index in [0.29, 0.717) is 18.8 Å². The van der Waals surface area contributed by atoms with E-state index in [0.717, 1.165) is 11.3 Å². The highest BCUT2D eigenvalue weighted by Crippen LogP contribution is 2.22. The van der Waals surface area contributed by atoms with Crippen molar-refractivity contribution in [3.05, 3.63) is 48.0 Å². The molecule has 2 aromatic rings. The van der Waals surface area contributed by atoms with E-state index in [1.54, 1.807) is 12.1 Å². The molecule has 19 heavy (non-hydrogen) atoms. The van der Waals surface area contributed by atoms with Crippen molar-refractivity contribution >= 4 is 0 Å². The molecule has 0 amide bonds. The van der Waals surface area contributed by atoms with Crippen LogP contribution in [0.2, 0.25) is 0 Å². The van der Waals surface area contributed by atoms with Gasteiger partial charge in [0, 0.05) is 12.1 Å². The Hall–Kier alpha value is -2.12. The van der Waals surface area contributed by atoms with Gasteiger partial charge < -0.3 is 9.73 Å². The number of nitriles is 1. The van der Waals surface area contributed by atoms with Crippen LogP contribution in [0.15, 0.2) is 40.8 Å². The molecule has 0 radical (unpaired) electrons. The van der Waals surface area contributed by atoms with Gasteiger partial charge >= 0.3 is 0 Å². The van der Waals surface area contributed by atoms with Crippen molar-refractivity contribution in [2.75, 3.05) is 6.54 Å². The van der Waals surface area contributed by atoms with Gasteiger partial charge in [-0.3, -0.25) is 0 Å². The van der Waals surface area contributed by atoms with Crippen LogP contribution in [0.5, 0.6) is 0 Å². The fourth-order valence-corrected chi connectivity index (χ4v) is 1.70. The van der Waals surface area contributed by atoms with Crippen LogP contribution >= 0.6 is 0 Å². The topological polar surface area (TPSA) is 49.0 Å². The van der Waals surface area contributed by atoms with Crippen LogP contribution in [0, 0.1) is 23.1 Å². The summed E-state index contributed by atoms with van der Waals surface area (Å²) >= 11 is 0. The van der Waals surface area contributed by atoms with Crippen molar-refractivity contribution in [2.24, 2.45) is 5.92 Å². The Kier molecular flexibility index (Phi) is 4.32. The Morgan fingerprint density at radius 1 is 1.26 bits per heavy atom. The molecule has 1 aromatic carbocycles. The lowest BCUT2D eigenvalue weighted by Crippen LogP contribution is -2.19. The predicted octanol–water partition coefficient (Wildman–Crippen LogP) is 3.33. The fraction of sp³-hybridized carbons (Fsp3) is 0.267. The number of nitrogens with zero attached hydrogens (tertiary/aromatic N) is 1. The minimum atomic E-state index is -0.261. The second kappa shape index (κ2) is 6.17. The molecule has 0 aliphatic heterocycles. The van der Waals surface area contributed by atoms with Crippen molar-refractivity contribution in [2.45, 2.75) is 13.5 Å². The van der Waals surface area contributed by atoms with Crippen LogP contribution in [0.4, 0.5) is 4.39 Å². The molecule has 0 fully saturated rings. The summed E-state index contributed by atoms with van der Waals surface area (Å²) in [7, 11) is 0. The van der Waals surface area contributed by atoms with Crippen LogP contribution in [-0.4, -0.2) is 6.54 Å². The lowest BCUT2D eigenvalue weighted by Gasteiger charge is -2.03. The smallest absolute Gasteiger partial charge is 0.134 e. The summed E-state index contributed by atoms with van der Waals surface area (Å²) in [6.45, 7) is 3.06. The van der Waals surface area contributed by atoms with Crippen LogP contribution < -0.4 is 5.32 Å². The maximum Gasteiger partial charge on any atom is 0.134 e. The zero-order valence-corrected chi connectivity index (χ0v) is 10.7. The number of rotatable bonds is 5. The van der Waals surface area contributed by atoms with Gasteiger partial charge in [-0.25, -0.2) is 4.39 Å². The molecule has 1 aromatic heterocycles. The van der Waals surface area contributed by atoms with Crippen LogP contribution in [0.1, 0.15) is 12.7 Å². The molecule has 1 N–H and O–H groups in total. The van der Waals surface area contributed by atoms with E-state index in [1.165, 1.54) is 12.1 Å². The zero-order chi connectivity index (χ0) is 13.7. The van der Waals surface area contributed by atoms with Gasteiger partial charge in [-0.15, -0.1) is 0 Å². The third-order valence-electron chi connectivity index (χ3n) is 2.76. The summed E-state index contributed by atoms with van der Waals surface area (Å²) in [5.74, 6) is 1.23. The van der Waals surface area contributed by atoms with Crippen molar-refractivity contribution in [1.82, 2.24) is 5.32 Å². The monoisotopic (exact) mass is 258 g/mol. The summed E-state index contributed by atoms with van der Waals surface area (Å²) in [5, 5.41) is 11.8. The Morgan fingerprint density at radius 3 is 2.68 bits per heavy atom. The summed E-state index contributed by atoms with van der Waals surface area (Å²) in [6, 6.07) is 12.1. The van der Waals surface area contributed by atoms with Gasteiger partial charge in [-0.1, -0.05) is 0 Å². The predicted molar refractivity (Wildman–Crippen MR) is 70.6 cm³/mol. The largest absolute Gasteiger partial charge is 0.460 e. The Balaban J connectivity index is 1.96. The molecule has 1 atom stereocenters. The molecule has 2 rings (SSSR count). The molecule has 0 spiro atoms. The number of nitrogens with one attached hydrogen (secondary N) is 1. The van der Waals surface area contributed by atoms with Gasteiger partial charge in [-0.2, -0.15) is 5.26 Å². The molecule has 0 aliphatic carbocycles. The van der Waals surface area contributed by atoms with E-state index in [4.69, 9.17) is 9.68 Å². The highest BCUT2D eigenvalue weighted by molar-refractivity contribution is 5.57. The lowest BCUT2D eigenvalue weighted by molar-refractivity contribution is 0.483. The minimum Gasteiger partial charge on any atom is -0.460 e. The van der Waals surface area contributed by atoms with E-state index < -0.39 is 0 Å². The first-order valence-electron chi connectivity index (χ1n) is 6.14. The molecule has 0 saturated heterocycles. The van der Waals surface area contributed by atoms with Gasteiger partial charge in [-0.05, 0) is 43.3 Å². The number of hydrogen-bond donors (Lipinski definition) is 1. The van der Waals surface area contributed by atoms with E-state index in [9.17, 15) is 4.39 Å². The maximum absolute atomic E-state index is 12.8. The van der Waals surface area contributed by atoms with E-state index in [-0.39, 0.29) is 11.7 Å². The summed E-state index contributed by atoms with van der Waals surface area (Å²) in [5.41, 5.74) is 0.845. The van der Waals surface area contributed by atoms with E-state index >= 15 is 0 Å². The van der Waals surface area contributed by atoms with Gasteiger partial charge in [0.05, 0.1) is 18.5 Å². The molecule has 0 bridgehead atoms. The van der Waals surface area contributed by atoms with Crippen molar-refractivity contribution in [1.29, 1.82) is 5.26 Å². The SMILES string of the molecule is CC(C#N)CNCc1ccc(-c2ccc(F)cc2)o1. The van der Waals surface area contributed by atoms with Crippen molar-refractivity contribution in [3.63, 3.8) is 0 Å². The van der Waals surface area contributed by atoms with Gasteiger partial charge in [0.15, 0.2) is 0 Å². The molecule has 4 heteroatoms. The molecular formula is C15H15FN2O. The number of halogens is 1. The normalized spacial score (nSPS) is 12.1. The average Bonchev–Trinajstić information content (AvgIpc) is 2.88. The highest BCUT2D eigenvalue weighted by Gasteiger charge is 2.05. The van der Waals surface area contributed by atoms with E-state index in [1.807, 2.05) is 19.1 Å². The Bertz CT molecular complexity index is 569. The number of hydrogen-bond acceptors (Lipinski definition) is 3. The van der Waals surface area contributed by atoms with Gasteiger partial charge in [0.2, 0.25) is 0 Å². The quantitative estimate of drug-likeness (QED) is 0.894. The van der Waals surface area contributed by atoms with Crippen molar-refractivity contribution < 1.29 is 8.81 Å². The molecule has 1 unspecified atom stereocenters. The first-order chi connectivity index (χ1) is 9.19. The minimum absolute atomic E-state index is 0.0217. The van der Waals surface area contributed by atoms with Crippen molar-refractivity contribution in [3.8, 4) is 17.4 Å². The maximum atomic E-state index is 12.8. The zero-order valence-electron chi connectivity index (χ0n) is 10.7. The lowest BCUT2D eigenvalue weighted by atomic mass is 10.2. The molecule has 98 valence electrons. The molecule has 1 heterocycles. The first kappa shape index (κ1) is 13.3. The summed E-state index contributed by atoms with van der Waals surface area (Å²) in [6.07, 6.45) is 0. The summed E-state index contributed by atoms with van der Waals surface area (Å²) in [4.78, 5) is 0. The highest BCUT2D eigenvalue weighted by atomic mass is 19.1. The molecule has 0 saturated carbocycles. The Labute approximate surface area is 111 Å². The van der Waals surface area contributed by atoms with Crippen LogP contribution in [0.3, 0.4) is 0 Å². The molecular weight excluding hydrogens is 243 g/mol. The molecule has 0 aliphatic rings. The Morgan fingerprint density at radius 2 is 2.00 bits per heavy atom. The third kappa shape index (κ3) is 3.67. The standard InChI is InChI=1S/C15H15FN2O/c1-11(8-17)9-18-10-14-6-7-15(19-14)12-2-4-13(16)5-3-12/h2-7,11,18H,9-10H2,1H3. The average molecular weight is 258 g/mol. The van der Waals surface area contributed by atoms with Gasteiger partial charge in [0.25, 0.3) is 0 Å². The number of furan rings is 1. The van der Waals surface area contributed by atoms with E-state index in [2.05, 4.69) is 11.4 Å². The third-order valence-corrected chi connectivity index (χ3v) is 2.76. The first-order valence-corrected chi connectivity index (χ1v) is 6.14. The van der Waals surface area contributed by atoms with Gasteiger partial charge in [0.1, 0.15) is 17.3 Å². The van der Waals surface area contributed by atoms with Crippen LogP contribution in [-0.2, 0) is 6.54 Å². The second-order valence-corrected chi connectivity index (χ2v) is 4.43.